The zero-order chi connectivity index (χ0) is 11.6. The van der Waals surface area contributed by atoms with Gasteiger partial charge in [0.25, 0.3) is 0 Å². The van der Waals surface area contributed by atoms with Gasteiger partial charge in [-0.05, 0) is 45.7 Å². The van der Waals surface area contributed by atoms with Gasteiger partial charge in [-0.3, -0.25) is 0 Å². The fraction of sp³-hybridized carbons (Fsp3) is 0.571. The van der Waals surface area contributed by atoms with Crippen LogP contribution in [0.1, 0.15) is 33.6 Å². The second kappa shape index (κ2) is 4.36. The number of para-hydroxylation sites is 2. The number of hydrogen-bond donors (Lipinski definition) is 0. The Balaban J connectivity index is 2.39. The van der Waals surface area contributed by atoms with E-state index in [4.69, 9.17) is 4.74 Å². The molecule has 0 bridgehead atoms. The predicted molar refractivity (Wildman–Crippen MR) is 68.3 cm³/mol. The van der Waals surface area contributed by atoms with Crippen LogP contribution < -0.4 is 9.64 Å². The molecule has 1 aliphatic rings. The summed E-state index contributed by atoms with van der Waals surface area (Å²) >= 11 is 0. The van der Waals surface area contributed by atoms with E-state index in [2.05, 4.69) is 43.9 Å². The molecular weight excluding hydrogens is 198 g/mol. The second-order valence-corrected chi connectivity index (χ2v) is 5.35. The van der Waals surface area contributed by atoms with Crippen LogP contribution in [-0.2, 0) is 0 Å². The molecule has 16 heavy (non-hydrogen) atoms. The summed E-state index contributed by atoms with van der Waals surface area (Å²) in [5.74, 6) is 1.03. The Kier molecular flexibility index (Phi) is 3.08. The minimum atomic E-state index is 0.150. The minimum absolute atomic E-state index is 0.150. The molecule has 1 aromatic carbocycles. The summed E-state index contributed by atoms with van der Waals surface area (Å²) in [4.78, 5) is 2.45. The fourth-order valence-corrected chi connectivity index (χ4v) is 2.17. The maximum Gasteiger partial charge on any atom is 0.142 e. The van der Waals surface area contributed by atoms with Crippen LogP contribution in [-0.4, -0.2) is 18.7 Å². The van der Waals surface area contributed by atoms with E-state index in [0.717, 1.165) is 25.3 Å². The highest BCUT2D eigenvalue weighted by Gasteiger charge is 2.24. The third kappa shape index (κ3) is 2.31. The van der Waals surface area contributed by atoms with Gasteiger partial charge in [0.15, 0.2) is 0 Å². The highest BCUT2D eigenvalue weighted by molar-refractivity contribution is 5.60. The van der Waals surface area contributed by atoms with Crippen LogP contribution >= 0.6 is 0 Å². The molecule has 0 fully saturated rings. The summed E-state index contributed by atoms with van der Waals surface area (Å²) in [6.07, 6.45) is 2.34. The van der Waals surface area contributed by atoms with E-state index < -0.39 is 0 Å². The van der Waals surface area contributed by atoms with Gasteiger partial charge in [0.2, 0.25) is 0 Å². The molecule has 0 amide bonds. The topological polar surface area (TPSA) is 12.5 Å². The molecule has 0 saturated carbocycles. The van der Waals surface area contributed by atoms with Crippen LogP contribution in [0.3, 0.4) is 0 Å². The van der Waals surface area contributed by atoms with E-state index in [1.807, 2.05) is 6.07 Å². The van der Waals surface area contributed by atoms with Crippen LogP contribution in [0.5, 0.6) is 5.75 Å². The van der Waals surface area contributed by atoms with Crippen molar-refractivity contribution in [3.63, 3.8) is 0 Å². The molecule has 2 nitrogen and oxygen atoms in total. The first kappa shape index (κ1) is 11.3. The highest BCUT2D eigenvalue weighted by atomic mass is 16.5. The van der Waals surface area contributed by atoms with Crippen molar-refractivity contribution in [1.29, 1.82) is 0 Å². The first-order chi connectivity index (χ1) is 7.59. The predicted octanol–water partition coefficient (Wildman–Crippen LogP) is 3.46. The maximum absolute atomic E-state index is 5.81. The van der Waals surface area contributed by atoms with Crippen molar-refractivity contribution >= 4 is 5.69 Å². The average molecular weight is 219 g/mol. The van der Waals surface area contributed by atoms with Gasteiger partial charge in [-0.25, -0.2) is 0 Å². The third-order valence-electron chi connectivity index (χ3n) is 3.00. The van der Waals surface area contributed by atoms with Crippen LogP contribution in [0.25, 0.3) is 0 Å². The van der Waals surface area contributed by atoms with Gasteiger partial charge in [0.1, 0.15) is 5.75 Å². The molecule has 0 spiro atoms. The van der Waals surface area contributed by atoms with Gasteiger partial charge < -0.3 is 9.64 Å². The summed E-state index contributed by atoms with van der Waals surface area (Å²) in [6.45, 7) is 8.72. The molecule has 0 N–H and O–H groups in total. The lowest BCUT2D eigenvalue weighted by molar-refractivity contribution is 0.295. The van der Waals surface area contributed by atoms with Crippen LogP contribution in [0.4, 0.5) is 5.69 Å². The molecule has 0 atom stereocenters. The van der Waals surface area contributed by atoms with E-state index in [-0.39, 0.29) is 5.54 Å². The SMILES string of the molecule is CC(C)(C)N1CCCCOc2ccccc21. The van der Waals surface area contributed by atoms with Crippen LogP contribution in [0, 0.1) is 0 Å². The second-order valence-electron chi connectivity index (χ2n) is 5.35. The van der Waals surface area contributed by atoms with Gasteiger partial charge in [-0.2, -0.15) is 0 Å². The Morgan fingerprint density at radius 3 is 2.62 bits per heavy atom. The van der Waals surface area contributed by atoms with E-state index in [1.54, 1.807) is 0 Å². The van der Waals surface area contributed by atoms with E-state index in [1.165, 1.54) is 12.1 Å². The largest absolute Gasteiger partial charge is 0.491 e. The molecule has 2 rings (SSSR count). The number of fused-ring (bicyclic) bond motifs is 1. The Morgan fingerprint density at radius 1 is 1.12 bits per heavy atom. The lowest BCUT2D eigenvalue weighted by atomic mass is 10.0. The molecule has 0 radical (unpaired) electrons. The van der Waals surface area contributed by atoms with Gasteiger partial charge >= 0.3 is 0 Å². The first-order valence-corrected chi connectivity index (χ1v) is 6.08. The lowest BCUT2D eigenvalue weighted by Gasteiger charge is -2.39. The number of benzene rings is 1. The first-order valence-electron chi connectivity index (χ1n) is 6.08. The van der Waals surface area contributed by atoms with Gasteiger partial charge in [0, 0.05) is 12.1 Å². The standard InChI is InChI=1S/C14H21NO/c1-14(2,3)15-10-6-7-11-16-13-9-5-4-8-12(13)15/h4-5,8-9H,6-7,10-11H2,1-3H3. The Labute approximate surface area is 98.2 Å². The van der Waals surface area contributed by atoms with Crippen LogP contribution in [0.15, 0.2) is 24.3 Å². The van der Waals surface area contributed by atoms with Gasteiger partial charge in [-0.1, -0.05) is 12.1 Å². The summed E-state index contributed by atoms with van der Waals surface area (Å²) in [5.41, 5.74) is 1.38. The van der Waals surface area contributed by atoms with Gasteiger partial charge in [0.05, 0.1) is 12.3 Å². The molecule has 0 saturated heterocycles. The van der Waals surface area contributed by atoms with Crippen molar-refractivity contribution < 1.29 is 4.74 Å². The monoisotopic (exact) mass is 219 g/mol. The number of hydrogen-bond acceptors (Lipinski definition) is 2. The maximum atomic E-state index is 5.81. The molecule has 0 aromatic heterocycles. The molecule has 2 heteroatoms. The highest BCUT2D eigenvalue weighted by Crippen LogP contribution is 2.34. The van der Waals surface area contributed by atoms with E-state index in [9.17, 15) is 0 Å². The van der Waals surface area contributed by atoms with Gasteiger partial charge in [-0.15, -0.1) is 0 Å². The summed E-state index contributed by atoms with van der Waals surface area (Å²) in [6, 6.07) is 8.36. The van der Waals surface area contributed by atoms with E-state index >= 15 is 0 Å². The number of anilines is 1. The van der Waals surface area contributed by atoms with Crippen molar-refractivity contribution in [2.24, 2.45) is 0 Å². The molecule has 88 valence electrons. The number of nitrogens with zero attached hydrogens (tertiary/aromatic N) is 1. The normalized spacial score (nSPS) is 17.1. The summed E-state index contributed by atoms with van der Waals surface area (Å²) < 4.78 is 5.81. The van der Waals surface area contributed by atoms with Crippen molar-refractivity contribution in [3.05, 3.63) is 24.3 Å². The Morgan fingerprint density at radius 2 is 1.88 bits per heavy atom. The van der Waals surface area contributed by atoms with Crippen LogP contribution in [0.2, 0.25) is 0 Å². The smallest absolute Gasteiger partial charge is 0.142 e. The molecule has 0 unspecified atom stereocenters. The number of rotatable bonds is 0. The minimum Gasteiger partial charge on any atom is -0.491 e. The van der Waals surface area contributed by atoms with Crippen molar-refractivity contribution in [1.82, 2.24) is 0 Å². The lowest BCUT2D eigenvalue weighted by Crippen LogP contribution is -2.43. The molecular formula is C14H21NO. The van der Waals surface area contributed by atoms with Crippen molar-refractivity contribution in [2.45, 2.75) is 39.2 Å². The fourth-order valence-electron chi connectivity index (χ4n) is 2.17. The number of ether oxygens (including phenoxy) is 1. The molecule has 1 heterocycles. The zero-order valence-electron chi connectivity index (χ0n) is 10.5. The van der Waals surface area contributed by atoms with Crippen molar-refractivity contribution in [2.75, 3.05) is 18.1 Å². The third-order valence-corrected chi connectivity index (χ3v) is 3.00. The zero-order valence-corrected chi connectivity index (χ0v) is 10.5. The molecule has 1 aliphatic heterocycles. The average Bonchev–Trinajstić information content (AvgIpc) is 2.17. The van der Waals surface area contributed by atoms with E-state index in [0.29, 0.717) is 0 Å². The Bertz CT molecular complexity index is 354. The molecule has 0 aliphatic carbocycles. The molecule has 1 aromatic rings. The quantitative estimate of drug-likeness (QED) is 0.662. The summed E-state index contributed by atoms with van der Waals surface area (Å²) in [7, 11) is 0. The van der Waals surface area contributed by atoms with Crippen molar-refractivity contribution in [3.8, 4) is 5.75 Å². The Hall–Kier alpha value is -1.18. The summed E-state index contributed by atoms with van der Waals surface area (Å²) in [5, 5.41) is 0.